The number of nitrogens with one attached hydrogen (secondary N) is 1. The molecule has 1 saturated heterocycles. The highest BCUT2D eigenvalue weighted by Crippen LogP contribution is 2.14. The van der Waals surface area contributed by atoms with E-state index in [1.54, 1.807) is 0 Å². The molecule has 0 aromatic rings. The van der Waals surface area contributed by atoms with Gasteiger partial charge in [-0.15, -0.1) is 0 Å². The summed E-state index contributed by atoms with van der Waals surface area (Å²) in [4.78, 5) is 11.5. The van der Waals surface area contributed by atoms with Crippen LogP contribution >= 0.6 is 0 Å². The molecular formula is C13H25NO2. The zero-order valence-corrected chi connectivity index (χ0v) is 10.6. The van der Waals surface area contributed by atoms with Gasteiger partial charge in [0.25, 0.3) is 0 Å². The van der Waals surface area contributed by atoms with Gasteiger partial charge in [-0.1, -0.05) is 13.8 Å². The predicted molar refractivity (Wildman–Crippen MR) is 65.2 cm³/mol. The molecule has 0 aromatic carbocycles. The van der Waals surface area contributed by atoms with Gasteiger partial charge in [-0.3, -0.25) is 4.79 Å². The summed E-state index contributed by atoms with van der Waals surface area (Å²) in [5.41, 5.74) is 0. The molecule has 1 aliphatic rings. The zero-order chi connectivity index (χ0) is 11.8. The second-order valence-electron chi connectivity index (χ2n) is 5.17. The van der Waals surface area contributed by atoms with Gasteiger partial charge in [-0.2, -0.15) is 0 Å². The molecule has 1 N–H and O–H groups in total. The van der Waals surface area contributed by atoms with Crippen LogP contribution in [0.15, 0.2) is 0 Å². The lowest BCUT2D eigenvalue weighted by Crippen LogP contribution is -2.31. The topological polar surface area (TPSA) is 38.3 Å². The number of hydrogen-bond acceptors (Lipinski definition) is 3. The average Bonchev–Trinajstić information content (AvgIpc) is 2.25. The maximum atomic E-state index is 11.5. The van der Waals surface area contributed by atoms with Gasteiger partial charge in [-0.25, -0.2) is 0 Å². The van der Waals surface area contributed by atoms with E-state index >= 15 is 0 Å². The first-order chi connectivity index (χ1) is 7.68. The fourth-order valence-electron chi connectivity index (χ4n) is 2.07. The number of carbonyl (C=O) groups is 1. The van der Waals surface area contributed by atoms with Crippen LogP contribution in [0.5, 0.6) is 0 Å². The highest BCUT2D eigenvalue weighted by Gasteiger charge is 2.17. The highest BCUT2D eigenvalue weighted by molar-refractivity contribution is 5.69. The van der Waals surface area contributed by atoms with E-state index in [4.69, 9.17) is 4.74 Å². The lowest BCUT2D eigenvalue weighted by atomic mass is 9.96. The Balaban J connectivity index is 2.01. The minimum absolute atomic E-state index is 0.0162. The van der Waals surface area contributed by atoms with Crippen LogP contribution in [-0.4, -0.2) is 25.7 Å². The fraction of sp³-hybridized carbons (Fsp3) is 0.923. The van der Waals surface area contributed by atoms with Crippen LogP contribution < -0.4 is 5.32 Å². The molecule has 3 nitrogen and oxygen atoms in total. The van der Waals surface area contributed by atoms with E-state index in [1.165, 1.54) is 6.42 Å². The Hall–Kier alpha value is -0.570. The van der Waals surface area contributed by atoms with Crippen LogP contribution in [0.3, 0.4) is 0 Å². The normalized spacial score (nSPS) is 21.1. The minimum Gasteiger partial charge on any atom is -0.466 e. The molecular weight excluding hydrogens is 202 g/mol. The van der Waals surface area contributed by atoms with Crippen molar-refractivity contribution >= 4 is 5.97 Å². The van der Waals surface area contributed by atoms with Crippen LogP contribution in [0.25, 0.3) is 0 Å². The van der Waals surface area contributed by atoms with Crippen molar-refractivity contribution in [3.63, 3.8) is 0 Å². The smallest absolute Gasteiger partial charge is 0.306 e. The Morgan fingerprint density at radius 3 is 2.94 bits per heavy atom. The number of esters is 1. The summed E-state index contributed by atoms with van der Waals surface area (Å²) in [6, 6.07) is 0. The first-order valence-electron chi connectivity index (χ1n) is 6.55. The lowest BCUT2D eigenvalue weighted by Gasteiger charge is -2.21. The standard InChI is InChI=1S/C13H25NO2/c1-11(2)5-4-8-16-13(15)9-12-6-3-7-14-10-12/h11-12,14H,3-10H2,1-2H3. The van der Waals surface area contributed by atoms with Gasteiger partial charge < -0.3 is 10.1 Å². The molecule has 1 unspecified atom stereocenters. The fourth-order valence-corrected chi connectivity index (χ4v) is 2.07. The van der Waals surface area contributed by atoms with Crippen molar-refractivity contribution < 1.29 is 9.53 Å². The van der Waals surface area contributed by atoms with E-state index in [0.29, 0.717) is 24.9 Å². The van der Waals surface area contributed by atoms with Crippen molar-refractivity contribution in [3.05, 3.63) is 0 Å². The molecule has 1 rings (SSSR count). The summed E-state index contributed by atoms with van der Waals surface area (Å²) in [7, 11) is 0. The Kier molecular flexibility index (Phi) is 6.46. The van der Waals surface area contributed by atoms with E-state index in [1.807, 2.05) is 0 Å². The molecule has 0 aromatic heterocycles. The summed E-state index contributed by atoms with van der Waals surface area (Å²) < 4.78 is 5.23. The highest BCUT2D eigenvalue weighted by atomic mass is 16.5. The maximum absolute atomic E-state index is 11.5. The Labute approximate surface area is 98.9 Å². The SMILES string of the molecule is CC(C)CCCOC(=O)CC1CCCNC1. The molecule has 0 radical (unpaired) electrons. The second kappa shape index (κ2) is 7.66. The van der Waals surface area contributed by atoms with Crippen molar-refractivity contribution in [2.45, 2.75) is 46.0 Å². The molecule has 3 heteroatoms. The summed E-state index contributed by atoms with van der Waals surface area (Å²) in [6.45, 7) is 7.04. The maximum Gasteiger partial charge on any atom is 0.306 e. The van der Waals surface area contributed by atoms with Gasteiger partial charge in [0.05, 0.1) is 6.61 Å². The summed E-state index contributed by atoms with van der Waals surface area (Å²) in [5.74, 6) is 1.17. The molecule has 1 atom stereocenters. The number of piperidine rings is 1. The van der Waals surface area contributed by atoms with E-state index in [2.05, 4.69) is 19.2 Å². The van der Waals surface area contributed by atoms with E-state index < -0.39 is 0 Å². The van der Waals surface area contributed by atoms with Crippen molar-refractivity contribution in [2.24, 2.45) is 11.8 Å². The molecule has 1 aliphatic heterocycles. The van der Waals surface area contributed by atoms with E-state index in [0.717, 1.165) is 32.4 Å². The monoisotopic (exact) mass is 227 g/mol. The molecule has 0 amide bonds. The average molecular weight is 227 g/mol. The Morgan fingerprint density at radius 2 is 2.31 bits per heavy atom. The number of rotatable bonds is 6. The molecule has 16 heavy (non-hydrogen) atoms. The van der Waals surface area contributed by atoms with Crippen LogP contribution in [0.4, 0.5) is 0 Å². The summed E-state index contributed by atoms with van der Waals surface area (Å²) in [6.07, 6.45) is 5.07. The van der Waals surface area contributed by atoms with Gasteiger partial charge >= 0.3 is 5.97 Å². The second-order valence-corrected chi connectivity index (χ2v) is 5.17. The first-order valence-corrected chi connectivity index (χ1v) is 6.55. The van der Waals surface area contributed by atoms with Gasteiger partial charge in [0.2, 0.25) is 0 Å². The van der Waals surface area contributed by atoms with Crippen LogP contribution in [-0.2, 0) is 9.53 Å². The van der Waals surface area contributed by atoms with E-state index in [9.17, 15) is 4.79 Å². The van der Waals surface area contributed by atoms with Crippen molar-refractivity contribution in [2.75, 3.05) is 19.7 Å². The van der Waals surface area contributed by atoms with Crippen LogP contribution in [0.1, 0.15) is 46.0 Å². The molecule has 0 spiro atoms. The summed E-state index contributed by atoms with van der Waals surface area (Å²) >= 11 is 0. The molecule has 1 fully saturated rings. The predicted octanol–water partition coefficient (Wildman–Crippen LogP) is 2.36. The Morgan fingerprint density at radius 1 is 1.50 bits per heavy atom. The zero-order valence-electron chi connectivity index (χ0n) is 10.6. The van der Waals surface area contributed by atoms with Crippen LogP contribution in [0.2, 0.25) is 0 Å². The van der Waals surface area contributed by atoms with Gasteiger partial charge in [0.15, 0.2) is 0 Å². The molecule has 0 aliphatic carbocycles. The number of carbonyl (C=O) groups excluding carboxylic acids is 1. The summed E-state index contributed by atoms with van der Waals surface area (Å²) in [5, 5.41) is 3.31. The minimum atomic E-state index is -0.0162. The lowest BCUT2D eigenvalue weighted by molar-refractivity contribution is -0.145. The van der Waals surface area contributed by atoms with Crippen molar-refractivity contribution in [1.82, 2.24) is 5.32 Å². The molecule has 1 heterocycles. The van der Waals surface area contributed by atoms with Gasteiger partial charge in [0.1, 0.15) is 0 Å². The third-order valence-electron chi connectivity index (χ3n) is 3.04. The van der Waals surface area contributed by atoms with Gasteiger partial charge in [0, 0.05) is 6.42 Å². The van der Waals surface area contributed by atoms with E-state index in [-0.39, 0.29) is 5.97 Å². The Bertz CT molecular complexity index is 198. The molecule has 0 saturated carbocycles. The molecule has 94 valence electrons. The van der Waals surface area contributed by atoms with Crippen LogP contribution in [0, 0.1) is 11.8 Å². The third kappa shape index (κ3) is 6.11. The third-order valence-corrected chi connectivity index (χ3v) is 3.04. The first kappa shape index (κ1) is 13.5. The van der Waals surface area contributed by atoms with Crippen molar-refractivity contribution in [3.8, 4) is 0 Å². The van der Waals surface area contributed by atoms with Gasteiger partial charge in [-0.05, 0) is 50.6 Å². The van der Waals surface area contributed by atoms with Crippen molar-refractivity contribution in [1.29, 1.82) is 0 Å². The number of hydrogen-bond donors (Lipinski definition) is 1. The molecule has 0 bridgehead atoms. The number of ether oxygens (including phenoxy) is 1. The quantitative estimate of drug-likeness (QED) is 0.559. The largest absolute Gasteiger partial charge is 0.466 e.